The van der Waals surface area contributed by atoms with Crippen LogP contribution in [-0.4, -0.2) is 6.61 Å². The van der Waals surface area contributed by atoms with Crippen LogP contribution in [0.5, 0.6) is 0 Å². The summed E-state index contributed by atoms with van der Waals surface area (Å²) in [6.07, 6.45) is 4.23. The summed E-state index contributed by atoms with van der Waals surface area (Å²) in [6, 6.07) is 0. The first-order valence-electron chi connectivity index (χ1n) is 2.51. The van der Waals surface area contributed by atoms with Gasteiger partial charge in [0.25, 0.3) is 0 Å². The van der Waals surface area contributed by atoms with Crippen molar-refractivity contribution in [2.75, 3.05) is 6.61 Å². The predicted octanol–water partition coefficient (Wildman–Crippen LogP) is 0.881. The van der Waals surface area contributed by atoms with E-state index in [1.165, 1.54) is 0 Å². The highest BCUT2D eigenvalue weighted by atomic mass is 16.6. The molecule has 7 heavy (non-hydrogen) atoms. The molecule has 0 saturated heterocycles. The van der Waals surface area contributed by atoms with Crippen LogP contribution in [-0.2, 0) is 4.84 Å². The normalized spacial score (nSPS) is 9.43. The molecule has 0 aliphatic rings. The molecule has 1 radical (unpaired) electrons. The first-order valence-corrected chi connectivity index (χ1v) is 2.51. The number of unbranched alkanes of at least 4 members (excludes halogenated alkanes) is 2. The van der Waals surface area contributed by atoms with Gasteiger partial charge in [-0.3, -0.25) is 0 Å². The van der Waals surface area contributed by atoms with Crippen molar-refractivity contribution < 1.29 is 4.84 Å². The number of hydrogen-bond acceptors (Lipinski definition) is 2. The van der Waals surface area contributed by atoms with Crippen LogP contribution in [0.3, 0.4) is 0 Å². The molecule has 43 valence electrons. The highest BCUT2D eigenvalue weighted by molar-refractivity contribution is 4.53. The van der Waals surface area contributed by atoms with E-state index in [1.807, 2.05) is 6.92 Å². The van der Waals surface area contributed by atoms with Gasteiger partial charge in [0, 0.05) is 0 Å². The molecule has 0 aromatic carbocycles. The fraction of sp³-hybridized carbons (Fsp3) is 0.800. The Morgan fingerprint density at radius 2 is 2.43 bits per heavy atom. The van der Waals surface area contributed by atoms with Crippen molar-refractivity contribution in [2.45, 2.75) is 19.8 Å². The Morgan fingerprint density at radius 1 is 1.71 bits per heavy atom. The second kappa shape index (κ2) is 5.92. The average molecular weight is 102 g/mol. The fourth-order valence-corrected chi connectivity index (χ4v) is 0.371. The van der Waals surface area contributed by atoms with Gasteiger partial charge in [-0.15, -0.1) is 0 Å². The highest BCUT2D eigenvalue weighted by Crippen LogP contribution is 1.89. The maximum absolute atomic E-state index is 4.76. The molecule has 0 bridgehead atoms. The van der Waals surface area contributed by atoms with E-state index < -0.39 is 0 Å². The minimum Gasteiger partial charge on any atom is -0.305 e. The van der Waals surface area contributed by atoms with Gasteiger partial charge in [0.15, 0.2) is 0 Å². The van der Waals surface area contributed by atoms with E-state index >= 15 is 0 Å². The number of hydrogen-bond donors (Lipinski definition) is 1. The Morgan fingerprint density at radius 3 is 2.86 bits per heavy atom. The fourth-order valence-electron chi connectivity index (χ4n) is 0.371. The van der Waals surface area contributed by atoms with Crippen LogP contribution in [0.2, 0.25) is 0 Å². The van der Waals surface area contributed by atoms with E-state index in [9.17, 15) is 0 Å². The summed E-state index contributed by atoms with van der Waals surface area (Å²) in [4.78, 5) is 4.32. The van der Waals surface area contributed by atoms with E-state index in [1.54, 1.807) is 0 Å². The lowest BCUT2D eigenvalue weighted by Gasteiger charge is -1.91. The first-order chi connectivity index (χ1) is 3.41. The predicted molar refractivity (Wildman–Crippen MR) is 29.3 cm³/mol. The maximum atomic E-state index is 4.76. The molecule has 0 amide bonds. The van der Waals surface area contributed by atoms with Crippen molar-refractivity contribution >= 4 is 0 Å². The molecular formula is C5H12NO. The van der Waals surface area contributed by atoms with Gasteiger partial charge >= 0.3 is 0 Å². The third-order valence-corrected chi connectivity index (χ3v) is 0.755. The SMILES string of the molecule is C[CH]CCCON. The standard InChI is InChI=1S/C5H12NO/c1-2-3-4-5-7-6/h2H,3-6H2,1H3. The number of nitrogens with two attached hydrogens (primary N) is 1. The third kappa shape index (κ3) is 5.92. The summed E-state index contributed by atoms with van der Waals surface area (Å²) in [6.45, 7) is 2.70. The van der Waals surface area contributed by atoms with Gasteiger partial charge in [0.05, 0.1) is 6.61 Å². The van der Waals surface area contributed by atoms with Crippen molar-refractivity contribution in [3.63, 3.8) is 0 Å². The molecule has 0 spiro atoms. The molecule has 0 aromatic rings. The Hall–Kier alpha value is -0.0800. The minimum absolute atomic E-state index is 0.671. The summed E-state index contributed by atoms with van der Waals surface area (Å²) in [5.41, 5.74) is 0. The largest absolute Gasteiger partial charge is 0.305 e. The lowest BCUT2D eigenvalue weighted by molar-refractivity contribution is 0.135. The van der Waals surface area contributed by atoms with Crippen molar-refractivity contribution in [1.82, 2.24) is 0 Å². The molecule has 2 nitrogen and oxygen atoms in total. The zero-order chi connectivity index (χ0) is 5.54. The van der Waals surface area contributed by atoms with Crippen molar-refractivity contribution in [2.24, 2.45) is 5.90 Å². The zero-order valence-corrected chi connectivity index (χ0v) is 4.68. The van der Waals surface area contributed by atoms with Gasteiger partial charge in [-0.2, -0.15) is 0 Å². The van der Waals surface area contributed by atoms with Gasteiger partial charge in [-0.25, -0.2) is 5.90 Å². The van der Waals surface area contributed by atoms with Gasteiger partial charge in [-0.1, -0.05) is 6.92 Å². The second-order valence-electron chi connectivity index (χ2n) is 1.42. The lowest BCUT2D eigenvalue weighted by atomic mass is 10.3. The average Bonchev–Trinajstić information content (AvgIpc) is 1.69. The molecule has 0 fully saturated rings. The van der Waals surface area contributed by atoms with Crippen LogP contribution in [0.4, 0.5) is 0 Å². The topological polar surface area (TPSA) is 35.2 Å². The van der Waals surface area contributed by atoms with E-state index in [4.69, 9.17) is 5.90 Å². The van der Waals surface area contributed by atoms with Crippen LogP contribution in [0.25, 0.3) is 0 Å². The van der Waals surface area contributed by atoms with Gasteiger partial charge < -0.3 is 4.84 Å². The Kier molecular flexibility index (Phi) is 5.85. The summed E-state index contributed by atoms with van der Waals surface area (Å²) in [7, 11) is 0. The Balaban J connectivity index is 2.45. The summed E-state index contributed by atoms with van der Waals surface area (Å²) >= 11 is 0. The Bertz CT molecular complexity index is 27.3. The summed E-state index contributed by atoms with van der Waals surface area (Å²) < 4.78 is 0. The monoisotopic (exact) mass is 102 g/mol. The van der Waals surface area contributed by atoms with Gasteiger partial charge in [0.2, 0.25) is 0 Å². The quantitative estimate of drug-likeness (QED) is 0.422. The van der Waals surface area contributed by atoms with Gasteiger partial charge in [-0.05, 0) is 19.3 Å². The van der Waals surface area contributed by atoms with Gasteiger partial charge in [0.1, 0.15) is 0 Å². The van der Waals surface area contributed by atoms with Crippen LogP contribution in [0.15, 0.2) is 0 Å². The molecule has 0 rings (SSSR count). The molecule has 0 saturated carbocycles. The maximum Gasteiger partial charge on any atom is 0.0679 e. The second-order valence-corrected chi connectivity index (χ2v) is 1.42. The third-order valence-electron chi connectivity index (χ3n) is 0.755. The van der Waals surface area contributed by atoms with E-state index in [0.717, 1.165) is 12.8 Å². The molecule has 2 heteroatoms. The molecule has 0 aliphatic carbocycles. The van der Waals surface area contributed by atoms with Crippen molar-refractivity contribution in [3.05, 3.63) is 6.42 Å². The van der Waals surface area contributed by atoms with E-state index in [0.29, 0.717) is 6.61 Å². The van der Waals surface area contributed by atoms with Crippen molar-refractivity contribution in [1.29, 1.82) is 0 Å². The van der Waals surface area contributed by atoms with Crippen LogP contribution >= 0.6 is 0 Å². The molecular weight excluding hydrogens is 90.1 g/mol. The molecule has 0 heterocycles. The zero-order valence-electron chi connectivity index (χ0n) is 4.68. The molecule has 2 N–H and O–H groups in total. The molecule has 0 aromatic heterocycles. The number of rotatable bonds is 4. The van der Waals surface area contributed by atoms with E-state index in [2.05, 4.69) is 11.3 Å². The summed E-state index contributed by atoms with van der Waals surface area (Å²) in [5.74, 6) is 4.76. The molecule has 0 unspecified atom stereocenters. The first kappa shape index (κ1) is 6.92. The van der Waals surface area contributed by atoms with Crippen LogP contribution in [0, 0.1) is 6.42 Å². The highest BCUT2D eigenvalue weighted by Gasteiger charge is 1.80. The molecule has 0 aliphatic heterocycles. The van der Waals surface area contributed by atoms with E-state index in [-0.39, 0.29) is 0 Å². The van der Waals surface area contributed by atoms with Crippen LogP contribution in [0.1, 0.15) is 19.8 Å². The lowest BCUT2D eigenvalue weighted by Crippen LogP contribution is -1.99. The van der Waals surface area contributed by atoms with Crippen LogP contribution < -0.4 is 5.90 Å². The summed E-state index contributed by atoms with van der Waals surface area (Å²) in [5, 5.41) is 0. The van der Waals surface area contributed by atoms with Crippen molar-refractivity contribution in [3.8, 4) is 0 Å². The Labute approximate surface area is 44.6 Å². The molecule has 0 atom stereocenters. The smallest absolute Gasteiger partial charge is 0.0679 e. The minimum atomic E-state index is 0.671.